The van der Waals surface area contributed by atoms with Crippen LogP contribution in [0.4, 0.5) is 0 Å². The van der Waals surface area contributed by atoms with Crippen LogP contribution in [0.1, 0.15) is 190 Å². The summed E-state index contributed by atoms with van der Waals surface area (Å²) in [5.41, 5.74) is -4.39. The number of para-hydroxylation sites is 5. The molecule has 35 nitrogen and oxygen atoms in total. The number of amides is 10. The third-order valence-corrected chi connectivity index (χ3v) is 25.2. The van der Waals surface area contributed by atoms with Crippen molar-refractivity contribution in [3.05, 3.63) is 296 Å². The summed E-state index contributed by atoms with van der Waals surface area (Å²) in [7, 11) is 0. The van der Waals surface area contributed by atoms with E-state index in [0.717, 1.165) is 18.2 Å². The Balaban J connectivity index is 0.000000117. The lowest BCUT2D eigenvalue weighted by atomic mass is 9.86. The molecule has 20 heterocycles. The van der Waals surface area contributed by atoms with Crippen LogP contribution in [0.3, 0.4) is 0 Å². The number of hydrogen-bond donors (Lipinski definition) is 5. The van der Waals surface area contributed by atoms with E-state index in [1.54, 1.807) is 60.7 Å². The van der Waals surface area contributed by atoms with Crippen LogP contribution in [0.15, 0.2) is 212 Å². The molecule has 0 aliphatic carbocycles. The quantitative estimate of drug-likeness (QED) is 0.107. The standard InChI is InChI=1S/5C22H19N3O4/c5*1-24-10-19(26)25-16(22(24)27)9-14-13-4-2-3-5-15(13)23-20(14)21(25)12-6-7-17-18(8-12)29-11-28-17/h5*2-8,16,21,23H,9-11H2,1H3/t5*16-,21-/m11111/s1/i1D3,2D,3D,4D,5D,9D2,10D2,11D2,21D;1D3,2D,3D,4D,5D,9D2,10D2,21D;1D3,6D,7D,8D,9D2,10D2,21D;1D3,9D2,10D2,11D2,21D;1D3,9D2,10D2,21D. The first kappa shape index (κ1) is 47.5. The Bertz CT molecular complexity index is 11000. The number of ether oxygens (including phenoxy) is 10. The number of rotatable bonds is 5. The van der Waals surface area contributed by atoms with Crippen molar-refractivity contribution in [1.29, 1.82) is 0 Å². The Morgan fingerprint density at radius 2 is 0.538 bits per heavy atom. The number of fused-ring (bicyclic) bond motifs is 25. The Morgan fingerprint density at radius 1 is 0.276 bits per heavy atom. The van der Waals surface area contributed by atoms with Crippen LogP contribution in [0.2, 0.25) is 0 Å². The second kappa shape index (κ2) is 33.9. The number of carbonyl (C=O) groups is 10. The van der Waals surface area contributed by atoms with Crippen LogP contribution >= 0.6 is 0 Å². The van der Waals surface area contributed by atoms with E-state index in [9.17, 15) is 54.8 Å². The average molecular weight is 2000 g/mol. The number of carbonyl (C=O) groups excluding carboxylic acids is 10. The summed E-state index contributed by atoms with van der Waals surface area (Å²) in [4.78, 5) is 153. The normalized spacial score (nSPS) is 35.5. The molecular formula is C110H95N15O20. The molecule has 5 N–H and O–H groups in total. The van der Waals surface area contributed by atoms with Gasteiger partial charge in [-0.05, 0) is 147 Å². The Hall–Kier alpha value is -17.4. The summed E-state index contributed by atoms with van der Waals surface area (Å²) in [6.07, 6.45) is -14.5. The molecule has 730 valence electrons. The SMILES string of the molecule is [2H]C1([2H])Oc2ccc([C@]3([2H])c4[nH]c5ccccc5c4C([2H])([2H])[C@@H]4C(=O)N(C([2H])([2H])[2H])C([2H])([2H])C(=O)N43)cc2O1.[2H]C1([2H])c2c([nH]c3ccccc23)[C@@]([2H])(c2ccc3c(c2)OCO3)N2C(=O)C([2H])([2H])N(C([2H])([2H])[2H])C(=O)[C@H]21.[2H]c1c([2H])c([2H])c2c3c([nH]c2c1[2H])[C@@]([2H])(c1ccc2c(c1)OC([2H])([2H])O2)N1C(=O)C([2H])([2H])N(C([2H])([2H])[2H])C(=O)[C@H]1C3([2H])[2H].[2H]c1c([2H])c([2H])c2c3c([nH]c2c1[2H])[C@@]([2H])(c1ccc2c(c1)OCO2)N1C(=O)C([2H])([2H])N(C([2H])([2H])[2H])C(=O)[C@H]1C3([2H])[2H].[2H]c1c([2H])c([C@]2([2H])c3[nH]c4ccccc4c3C([2H])([2H])[C@@H]3C(=O)N(C([2H])([2H])[2H])C([2H])([2H])C(=O)N32)c([2H])c2c1OCO2. The van der Waals surface area contributed by atoms with Crippen molar-refractivity contribution in [1.82, 2.24) is 73.9 Å². The number of nitrogens with zero attached hydrogens (tertiary/aromatic N) is 10. The van der Waals surface area contributed by atoms with Gasteiger partial charge in [0.1, 0.15) is 35.7 Å². The highest BCUT2D eigenvalue weighted by Gasteiger charge is 2.55. The van der Waals surface area contributed by atoms with Crippen LogP contribution in [0.25, 0.3) is 54.5 Å². The van der Waals surface area contributed by atoms with Gasteiger partial charge in [0.25, 0.3) is 0 Å². The Kier molecular flexibility index (Phi) is 11.1. The van der Waals surface area contributed by atoms with Crippen molar-refractivity contribution in [2.24, 2.45) is 0 Å². The molecule has 0 saturated carbocycles. The smallest absolute Gasteiger partial charge is 0.245 e. The lowest BCUT2D eigenvalue weighted by molar-refractivity contribution is -0.157. The second-order valence-corrected chi connectivity index (χ2v) is 33.1. The highest BCUT2D eigenvalue weighted by molar-refractivity contribution is 6.03. The van der Waals surface area contributed by atoms with Crippen molar-refractivity contribution in [2.45, 2.75) is 92.2 Å². The zero-order valence-corrected chi connectivity index (χ0v) is 73.0. The number of aromatic nitrogens is 5. The molecule has 10 atom stereocenters. The maximum atomic E-state index is 13.9. The number of likely N-dealkylation sites (N-methyl/N-ethyl adjacent to an activating group) is 5. The molecule has 15 aromatic rings. The number of aromatic amines is 5. The molecule has 30 rings (SSSR count). The summed E-state index contributed by atoms with van der Waals surface area (Å²) >= 11 is 0. The van der Waals surface area contributed by atoms with Gasteiger partial charge in [0, 0.05) is 184 Å². The van der Waals surface area contributed by atoms with Crippen LogP contribution < -0.4 is 47.4 Å². The first-order chi connectivity index (χ1) is 92.1. The fourth-order valence-electron chi connectivity index (χ4n) is 18.9. The van der Waals surface area contributed by atoms with Crippen molar-refractivity contribution in [2.75, 3.05) is 101 Å². The molecule has 0 unspecified atom stereocenters. The summed E-state index contributed by atoms with van der Waals surface area (Å²) in [5.74, 6) is -16.5. The molecule has 0 spiro atoms. The van der Waals surface area contributed by atoms with E-state index >= 15 is 0 Å². The molecule has 145 heavy (non-hydrogen) atoms. The van der Waals surface area contributed by atoms with Crippen molar-refractivity contribution < 1.29 is 171 Å². The van der Waals surface area contributed by atoms with Gasteiger partial charge in [-0.1, -0.05) is 121 Å². The Morgan fingerprint density at radius 3 is 0.869 bits per heavy atom. The monoisotopic (exact) mass is 2000 g/mol. The highest BCUT2D eigenvalue weighted by Crippen LogP contribution is 2.53. The zero-order chi connectivity index (χ0) is 147. The van der Waals surface area contributed by atoms with Gasteiger partial charge in [0.15, 0.2) is 57.5 Å². The summed E-state index contributed by atoms with van der Waals surface area (Å²) < 4.78 is 514. The van der Waals surface area contributed by atoms with Crippen LogP contribution in [0, 0.1) is 0 Å². The first-order valence-electron chi connectivity index (χ1n) is 70.8. The predicted octanol–water partition coefficient (Wildman–Crippen LogP) is 11.1. The number of H-pyrrole nitrogens is 5. The van der Waals surface area contributed by atoms with E-state index in [2.05, 4.69) is 24.9 Å². The summed E-state index contributed by atoms with van der Waals surface area (Å²) in [5, 5.41) is -0.0669. The van der Waals surface area contributed by atoms with Crippen molar-refractivity contribution in [3.8, 4) is 57.5 Å². The van der Waals surface area contributed by atoms with Gasteiger partial charge < -0.3 is 121 Å². The van der Waals surface area contributed by atoms with Crippen molar-refractivity contribution in [3.63, 3.8) is 0 Å². The third-order valence-electron chi connectivity index (χ3n) is 25.2. The molecule has 10 amide bonds. The van der Waals surface area contributed by atoms with E-state index in [-0.39, 0.29) is 177 Å². The molecule has 0 radical (unpaired) electrons. The molecule has 10 aromatic carbocycles. The maximum absolute atomic E-state index is 13.9. The predicted molar refractivity (Wildman–Crippen MR) is 523 cm³/mol. The highest BCUT2D eigenvalue weighted by atomic mass is 16.7. The lowest BCUT2D eigenvalue weighted by Crippen LogP contribution is -2.62. The fourth-order valence-corrected chi connectivity index (χ4v) is 18.9. The molecule has 15 aliphatic rings. The van der Waals surface area contributed by atoms with Crippen molar-refractivity contribution >= 4 is 114 Å². The van der Waals surface area contributed by atoms with Gasteiger partial charge in [-0.2, -0.15) is 0 Å². The molecule has 5 fully saturated rings. The molecule has 0 bridgehead atoms. The van der Waals surface area contributed by atoms with E-state index in [4.69, 9.17) is 116 Å². The number of hydrogen-bond acceptors (Lipinski definition) is 20. The van der Waals surface area contributed by atoms with Gasteiger partial charge in [-0.25, -0.2) is 0 Å². The third kappa shape index (κ3) is 14.2. The Labute approximate surface area is 904 Å². The van der Waals surface area contributed by atoms with E-state index in [0.29, 0.717) is 36.9 Å². The second-order valence-electron chi connectivity index (χ2n) is 33.1. The molecular weight excluding hydrogens is 1850 g/mol. The number of benzene rings is 10. The topological polar surface area (TPSA) is 374 Å². The minimum atomic E-state index is -3.61. The summed E-state index contributed by atoms with van der Waals surface area (Å²) in [6, 6.07) is 1.77. The van der Waals surface area contributed by atoms with E-state index < -0.39 is 350 Å². The average Bonchev–Trinajstić information content (AvgIpc) is 1.30. The maximum Gasteiger partial charge on any atom is 0.245 e. The number of piperazine rings is 5. The minimum absolute atomic E-state index is 0.0168. The van der Waals surface area contributed by atoms with Gasteiger partial charge in [-0.3, -0.25) is 47.9 Å². The van der Waals surface area contributed by atoms with Crippen LogP contribution in [-0.2, 0) is 79.8 Å². The number of nitrogens with one attached hydrogen (secondary N) is 5. The molecule has 5 aromatic heterocycles. The van der Waals surface area contributed by atoms with Gasteiger partial charge in [0.2, 0.25) is 92.9 Å². The van der Waals surface area contributed by atoms with E-state index in [1.165, 1.54) is 66.7 Å². The zero-order valence-electron chi connectivity index (χ0n) is 128. The van der Waals surface area contributed by atoms with Gasteiger partial charge in [-0.15, -0.1) is 0 Å². The van der Waals surface area contributed by atoms with E-state index in [1.807, 2.05) is 0 Å². The molecule has 15 aliphatic heterocycles. The first-order valence-corrected chi connectivity index (χ1v) is 43.3. The molecule has 5 saturated heterocycles. The molecule has 35 heteroatoms. The largest absolute Gasteiger partial charge is 0.454 e. The fraction of sp³-hybridized carbons (Fsp3) is 0.273. The lowest BCUT2D eigenvalue weighted by Gasteiger charge is -2.46. The van der Waals surface area contributed by atoms with Crippen LogP contribution in [-0.4, -0.2) is 264 Å². The summed E-state index contributed by atoms with van der Waals surface area (Å²) in [6.45, 7) is -40.8. The van der Waals surface area contributed by atoms with Gasteiger partial charge in [0.05, 0.1) is 98.2 Å². The van der Waals surface area contributed by atoms with Gasteiger partial charge >= 0.3 is 0 Å². The minimum Gasteiger partial charge on any atom is -0.454 e. The van der Waals surface area contributed by atoms with Crippen LogP contribution in [0.5, 0.6) is 57.5 Å².